The molecule has 4 nitrogen and oxygen atoms in total. The second-order valence-corrected chi connectivity index (χ2v) is 8.50. The molecule has 0 aliphatic rings. The van der Waals surface area contributed by atoms with Gasteiger partial charge >= 0.3 is 0 Å². The van der Waals surface area contributed by atoms with Gasteiger partial charge in [-0.15, -0.1) is 0 Å². The lowest BCUT2D eigenvalue weighted by molar-refractivity contribution is 0.583. The maximum atomic E-state index is 12.8. The number of benzene rings is 3. The van der Waals surface area contributed by atoms with Crippen LogP contribution in [0.25, 0.3) is 0 Å². The molecule has 0 fully saturated rings. The van der Waals surface area contributed by atoms with Gasteiger partial charge in [-0.2, -0.15) is 13.5 Å². The van der Waals surface area contributed by atoms with Crippen molar-refractivity contribution < 1.29 is 8.42 Å². The van der Waals surface area contributed by atoms with Crippen molar-refractivity contribution >= 4 is 15.7 Å². The van der Waals surface area contributed by atoms with Crippen molar-refractivity contribution in [2.75, 3.05) is 0 Å². The fourth-order valence-corrected chi connectivity index (χ4v) is 4.16. The maximum absolute atomic E-state index is 12.8. The van der Waals surface area contributed by atoms with Crippen LogP contribution < -0.4 is 4.83 Å². The van der Waals surface area contributed by atoms with E-state index in [1.54, 1.807) is 13.0 Å². The number of nitrogens with zero attached hydrogens (tertiary/aromatic N) is 1. The van der Waals surface area contributed by atoms with E-state index in [2.05, 4.69) is 9.93 Å². The molecule has 0 aromatic heterocycles. The highest BCUT2D eigenvalue weighted by atomic mass is 32.2. The largest absolute Gasteiger partial charge is 0.276 e. The number of sulfonamides is 1. The molecular weight excluding hydrogens is 368 g/mol. The minimum Gasteiger partial charge on any atom is -0.200 e. The molecule has 3 rings (SSSR count). The van der Waals surface area contributed by atoms with E-state index < -0.39 is 10.0 Å². The van der Waals surface area contributed by atoms with Crippen LogP contribution in [0.15, 0.2) is 88.9 Å². The summed E-state index contributed by atoms with van der Waals surface area (Å²) in [5.41, 5.74) is 4.52. The summed E-state index contributed by atoms with van der Waals surface area (Å²) < 4.78 is 25.6. The van der Waals surface area contributed by atoms with Gasteiger partial charge in [-0.05, 0) is 42.2 Å². The highest BCUT2D eigenvalue weighted by Crippen LogP contribution is 2.17. The van der Waals surface area contributed by atoms with Crippen molar-refractivity contribution in [3.05, 3.63) is 101 Å². The second-order valence-electron chi connectivity index (χ2n) is 6.87. The van der Waals surface area contributed by atoms with E-state index in [-0.39, 0.29) is 4.90 Å². The van der Waals surface area contributed by atoms with Gasteiger partial charge in [0, 0.05) is 18.6 Å². The zero-order chi connectivity index (χ0) is 20.0. The van der Waals surface area contributed by atoms with Crippen molar-refractivity contribution in [1.29, 1.82) is 0 Å². The number of hydrazone groups is 1. The summed E-state index contributed by atoms with van der Waals surface area (Å²) in [5, 5.41) is 4.31. The van der Waals surface area contributed by atoms with Gasteiger partial charge in [-0.1, -0.05) is 72.8 Å². The normalized spacial score (nSPS) is 11.1. The summed E-state index contributed by atoms with van der Waals surface area (Å²) in [6.07, 6.45) is 1.15. The van der Waals surface area contributed by atoms with Gasteiger partial charge in [0.25, 0.3) is 10.0 Å². The minimum absolute atomic E-state index is 0.259. The zero-order valence-corrected chi connectivity index (χ0v) is 16.9. The molecule has 0 spiro atoms. The molecule has 3 aromatic carbocycles. The zero-order valence-electron chi connectivity index (χ0n) is 16.1. The first-order valence-electron chi connectivity index (χ1n) is 9.16. The maximum Gasteiger partial charge on any atom is 0.276 e. The van der Waals surface area contributed by atoms with Gasteiger partial charge in [0.15, 0.2) is 0 Å². The monoisotopic (exact) mass is 392 g/mol. The highest BCUT2D eigenvalue weighted by molar-refractivity contribution is 7.89. The van der Waals surface area contributed by atoms with Crippen molar-refractivity contribution in [1.82, 2.24) is 4.83 Å². The summed E-state index contributed by atoms with van der Waals surface area (Å²) in [6, 6.07) is 25.2. The summed E-state index contributed by atoms with van der Waals surface area (Å²) in [7, 11) is -3.73. The summed E-state index contributed by atoms with van der Waals surface area (Å²) in [4.78, 5) is 2.70. The Morgan fingerprint density at radius 2 is 1.36 bits per heavy atom. The van der Waals surface area contributed by atoms with Crippen molar-refractivity contribution in [3.63, 3.8) is 0 Å². The highest BCUT2D eigenvalue weighted by Gasteiger charge is 2.17. The first kappa shape index (κ1) is 19.8. The van der Waals surface area contributed by atoms with Crippen molar-refractivity contribution in [2.24, 2.45) is 5.10 Å². The van der Waals surface area contributed by atoms with Gasteiger partial charge in [0.2, 0.25) is 0 Å². The Hall–Kier alpha value is -2.92. The van der Waals surface area contributed by atoms with E-state index in [1.807, 2.05) is 79.7 Å². The Kier molecular flexibility index (Phi) is 6.26. The van der Waals surface area contributed by atoms with E-state index in [0.717, 1.165) is 22.4 Å². The van der Waals surface area contributed by atoms with Crippen LogP contribution in [0.5, 0.6) is 0 Å². The van der Waals surface area contributed by atoms with E-state index in [9.17, 15) is 8.42 Å². The molecule has 0 atom stereocenters. The molecule has 5 heteroatoms. The number of hydrogen-bond donors (Lipinski definition) is 1. The van der Waals surface area contributed by atoms with Crippen LogP contribution in [-0.4, -0.2) is 14.1 Å². The lowest BCUT2D eigenvalue weighted by Gasteiger charge is -2.11. The Morgan fingerprint density at radius 1 is 0.821 bits per heavy atom. The van der Waals surface area contributed by atoms with Gasteiger partial charge in [-0.3, -0.25) is 0 Å². The van der Waals surface area contributed by atoms with Crippen LogP contribution in [0.4, 0.5) is 0 Å². The molecule has 3 aromatic rings. The lowest BCUT2D eigenvalue weighted by Crippen LogP contribution is -2.22. The van der Waals surface area contributed by atoms with Crippen LogP contribution in [-0.2, 0) is 22.9 Å². The van der Waals surface area contributed by atoms with Crippen LogP contribution in [0, 0.1) is 13.8 Å². The lowest BCUT2D eigenvalue weighted by atomic mass is 10.0. The number of rotatable bonds is 7. The molecule has 0 bridgehead atoms. The predicted molar refractivity (Wildman–Crippen MR) is 114 cm³/mol. The Bertz CT molecular complexity index is 1020. The predicted octanol–water partition coefficient (Wildman–Crippen LogP) is 4.42. The fourth-order valence-electron chi connectivity index (χ4n) is 2.98. The molecule has 0 saturated carbocycles. The molecule has 0 radical (unpaired) electrons. The van der Waals surface area contributed by atoms with Gasteiger partial charge in [-0.25, -0.2) is 4.83 Å². The molecule has 0 aliphatic carbocycles. The number of nitrogens with one attached hydrogen (secondary N) is 1. The van der Waals surface area contributed by atoms with Gasteiger partial charge in [0.05, 0.1) is 4.90 Å². The molecule has 0 aliphatic heterocycles. The van der Waals surface area contributed by atoms with Crippen molar-refractivity contribution in [2.45, 2.75) is 31.6 Å². The van der Waals surface area contributed by atoms with Crippen LogP contribution >= 0.6 is 0 Å². The molecule has 1 N–H and O–H groups in total. The first-order chi connectivity index (χ1) is 13.4. The quantitative estimate of drug-likeness (QED) is 0.478. The van der Waals surface area contributed by atoms with Crippen LogP contribution in [0.1, 0.15) is 22.3 Å². The number of hydrogen-bond acceptors (Lipinski definition) is 3. The Labute approximate surface area is 167 Å². The van der Waals surface area contributed by atoms with Gasteiger partial charge < -0.3 is 0 Å². The van der Waals surface area contributed by atoms with E-state index in [0.29, 0.717) is 18.4 Å². The Morgan fingerprint density at radius 3 is 1.89 bits per heavy atom. The molecule has 28 heavy (non-hydrogen) atoms. The third kappa shape index (κ3) is 5.30. The average molecular weight is 393 g/mol. The fraction of sp³-hybridized carbons (Fsp3) is 0.174. The second kappa shape index (κ2) is 8.85. The molecule has 0 saturated heterocycles. The minimum atomic E-state index is -3.73. The van der Waals surface area contributed by atoms with Crippen molar-refractivity contribution in [3.8, 4) is 0 Å². The Balaban J connectivity index is 1.88. The van der Waals surface area contributed by atoms with Crippen LogP contribution in [0.2, 0.25) is 0 Å². The van der Waals surface area contributed by atoms with Gasteiger partial charge in [0.1, 0.15) is 0 Å². The summed E-state index contributed by atoms with van der Waals surface area (Å²) in [5.74, 6) is 0. The summed E-state index contributed by atoms with van der Waals surface area (Å²) in [6.45, 7) is 3.66. The summed E-state index contributed by atoms with van der Waals surface area (Å²) >= 11 is 0. The third-order valence-corrected chi connectivity index (χ3v) is 5.81. The molecular formula is C23H24N2O2S. The smallest absolute Gasteiger partial charge is 0.200 e. The van der Waals surface area contributed by atoms with E-state index >= 15 is 0 Å². The number of aryl methyl sites for hydroxylation is 2. The SMILES string of the molecule is Cc1ccc(C)c(S(=O)(=O)NN=C(Cc2ccccc2)Cc2ccccc2)c1. The topological polar surface area (TPSA) is 58.5 Å². The van der Waals surface area contributed by atoms with E-state index in [4.69, 9.17) is 0 Å². The van der Waals surface area contributed by atoms with E-state index in [1.165, 1.54) is 0 Å². The average Bonchev–Trinajstić information content (AvgIpc) is 2.69. The van der Waals surface area contributed by atoms with Crippen LogP contribution in [0.3, 0.4) is 0 Å². The first-order valence-corrected chi connectivity index (χ1v) is 10.6. The third-order valence-electron chi connectivity index (χ3n) is 4.46. The molecule has 144 valence electrons. The molecule has 0 amide bonds. The standard InChI is InChI=1S/C23H24N2O2S/c1-18-13-14-19(2)23(15-18)28(26,27)25-24-22(16-20-9-5-3-6-10-20)17-21-11-7-4-8-12-21/h3-15,25H,16-17H2,1-2H3. The molecule has 0 heterocycles. The molecule has 0 unspecified atom stereocenters.